The Balaban J connectivity index is 2.56. The first-order valence-electron chi connectivity index (χ1n) is 4.22. The third kappa shape index (κ3) is 2.64. The van der Waals surface area contributed by atoms with Crippen molar-refractivity contribution in [3.05, 3.63) is 19.7 Å². The zero-order chi connectivity index (χ0) is 13.5. The molecule has 0 radical (unpaired) electrons. The summed E-state index contributed by atoms with van der Waals surface area (Å²) in [4.78, 5) is 17.2. The molecule has 0 aliphatic rings. The van der Waals surface area contributed by atoms with Gasteiger partial charge in [-0.05, 0) is 22.6 Å². The Hall–Kier alpha value is -0.750. The predicted octanol–water partition coefficient (Wildman–Crippen LogP) is 3.59. The Morgan fingerprint density at radius 3 is 2.39 bits per heavy atom. The first-order valence-corrected chi connectivity index (χ1v) is 6.93. The number of hydrogen-bond acceptors (Lipinski definition) is 5. The van der Waals surface area contributed by atoms with Gasteiger partial charge in [-0.3, -0.25) is 0 Å². The van der Waals surface area contributed by atoms with Crippen molar-refractivity contribution in [3.8, 4) is 10.0 Å². The number of carboxylic acids is 1. The van der Waals surface area contributed by atoms with Gasteiger partial charge >= 0.3 is 12.1 Å². The van der Waals surface area contributed by atoms with Gasteiger partial charge in [0.2, 0.25) is 0 Å². The van der Waals surface area contributed by atoms with Crippen molar-refractivity contribution < 1.29 is 23.1 Å². The van der Waals surface area contributed by atoms with Crippen molar-refractivity contribution in [1.29, 1.82) is 0 Å². The summed E-state index contributed by atoms with van der Waals surface area (Å²) in [5.41, 5.74) is -1.37. The van der Waals surface area contributed by atoms with Gasteiger partial charge in [0.25, 0.3) is 0 Å². The predicted molar refractivity (Wildman–Crippen MR) is 67.9 cm³/mol. The summed E-state index contributed by atoms with van der Waals surface area (Å²) in [5, 5.41) is 8.99. The molecule has 10 heteroatoms. The van der Waals surface area contributed by atoms with Gasteiger partial charge in [-0.2, -0.15) is 13.2 Å². The maximum Gasteiger partial charge on any atom is 0.435 e. The van der Waals surface area contributed by atoms with Crippen LogP contribution in [0.2, 0.25) is 0 Å². The van der Waals surface area contributed by atoms with Gasteiger partial charge < -0.3 is 5.11 Å². The van der Waals surface area contributed by atoms with E-state index in [0.29, 0.717) is 11.3 Å². The second kappa shape index (κ2) is 4.74. The third-order valence-electron chi connectivity index (χ3n) is 1.75. The van der Waals surface area contributed by atoms with Gasteiger partial charge in [0.05, 0.1) is 9.08 Å². The fourth-order valence-electron chi connectivity index (χ4n) is 1.10. The molecule has 0 spiro atoms. The molecule has 18 heavy (non-hydrogen) atoms. The molecular weight excluding hydrogens is 404 g/mol. The Morgan fingerprint density at radius 1 is 1.33 bits per heavy atom. The van der Waals surface area contributed by atoms with Crippen LogP contribution >= 0.6 is 45.3 Å². The third-order valence-corrected chi connectivity index (χ3v) is 4.66. The van der Waals surface area contributed by atoms with Gasteiger partial charge in [-0.1, -0.05) is 0 Å². The molecule has 0 fully saturated rings. The monoisotopic (exact) mass is 406 g/mol. The average Bonchev–Trinajstić information content (AvgIpc) is 2.81. The standard InChI is InChI=1S/C8H2F3IN2O2S2/c9-8(10,11)4-3(7(15)16)18-6(14-4)5-13-1-2(12)17-5/h1H,(H,15,16). The van der Waals surface area contributed by atoms with E-state index in [1.165, 1.54) is 6.20 Å². The SMILES string of the molecule is O=C(O)c1sc(-c2ncc(I)s2)nc1C(F)(F)F. The van der Waals surface area contributed by atoms with E-state index in [1.807, 2.05) is 22.6 Å². The Bertz CT molecular complexity index is 608. The van der Waals surface area contributed by atoms with E-state index in [9.17, 15) is 18.0 Å². The molecule has 0 aliphatic carbocycles. The molecule has 4 nitrogen and oxygen atoms in total. The number of rotatable bonds is 2. The highest BCUT2D eigenvalue weighted by Gasteiger charge is 2.40. The molecule has 1 N–H and O–H groups in total. The second-order valence-electron chi connectivity index (χ2n) is 2.97. The van der Waals surface area contributed by atoms with Crippen molar-refractivity contribution in [1.82, 2.24) is 9.97 Å². The largest absolute Gasteiger partial charge is 0.477 e. The van der Waals surface area contributed by atoms with Crippen molar-refractivity contribution in [2.45, 2.75) is 6.18 Å². The number of thiazole rings is 2. The molecule has 0 saturated carbocycles. The first-order chi connectivity index (χ1) is 8.29. The van der Waals surface area contributed by atoms with Crippen molar-refractivity contribution >= 4 is 51.2 Å². The lowest BCUT2D eigenvalue weighted by Crippen LogP contribution is -2.11. The van der Waals surface area contributed by atoms with Crippen LogP contribution in [-0.4, -0.2) is 21.0 Å². The van der Waals surface area contributed by atoms with Crippen LogP contribution < -0.4 is 0 Å². The number of carbonyl (C=O) groups is 1. The fraction of sp³-hybridized carbons (Fsp3) is 0.125. The number of aromatic nitrogens is 2. The molecule has 2 aromatic heterocycles. The van der Waals surface area contributed by atoms with Crippen LogP contribution in [0.15, 0.2) is 6.20 Å². The van der Waals surface area contributed by atoms with Crippen LogP contribution in [0.5, 0.6) is 0 Å². The van der Waals surface area contributed by atoms with Crippen LogP contribution in [0.3, 0.4) is 0 Å². The van der Waals surface area contributed by atoms with Crippen LogP contribution in [0.25, 0.3) is 10.0 Å². The number of halogens is 4. The lowest BCUT2D eigenvalue weighted by molar-refractivity contribution is -0.141. The van der Waals surface area contributed by atoms with E-state index in [-0.39, 0.29) is 10.0 Å². The molecule has 0 unspecified atom stereocenters. The number of nitrogens with zero attached hydrogens (tertiary/aromatic N) is 2. The van der Waals surface area contributed by atoms with Gasteiger partial charge in [0.15, 0.2) is 15.7 Å². The van der Waals surface area contributed by atoms with Crippen LogP contribution in [-0.2, 0) is 6.18 Å². The van der Waals surface area contributed by atoms with E-state index in [2.05, 4.69) is 9.97 Å². The van der Waals surface area contributed by atoms with Gasteiger partial charge in [0, 0.05) is 0 Å². The maximum atomic E-state index is 12.6. The average molecular weight is 406 g/mol. The maximum absolute atomic E-state index is 12.6. The molecule has 2 aromatic rings. The molecule has 0 atom stereocenters. The minimum Gasteiger partial charge on any atom is -0.477 e. The molecule has 2 rings (SSSR count). The minimum atomic E-state index is -4.78. The lowest BCUT2D eigenvalue weighted by atomic mass is 10.3. The number of alkyl halides is 3. The summed E-state index contributed by atoms with van der Waals surface area (Å²) in [7, 11) is 0. The van der Waals surface area contributed by atoms with E-state index in [4.69, 9.17) is 5.11 Å². The lowest BCUT2D eigenvalue weighted by Gasteiger charge is -2.02. The van der Waals surface area contributed by atoms with Crippen molar-refractivity contribution in [2.24, 2.45) is 0 Å². The zero-order valence-corrected chi connectivity index (χ0v) is 11.9. The molecule has 2 heterocycles. The Morgan fingerprint density at radius 2 is 2.00 bits per heavy atom. The van der Waals surface area contributed by atoms with Crippen molar-refractivity contribution in [2.75, 3.05) is 0 Å². The van der Waals surface area contributed by atoms with Crippen LogP contribution in [0.1, 0.15) is 15.4 Å². The highest BCUT2D eigenvalue weighted by atomic mass is 127. The quantitative estimate of drug-likeness (QED) is 0.775. The Labute approximate surface area is 120 Å². The summed E-state index contributed by atoms with van der Waals surface area (Å²) < 4.78 is 38.6. The molecule has 0 amide bonds. The molecule has 0 saturated heterocycles. The smallest absolute Gasteiger partial charge is 0.435 e. The molecule has 96 valence electrons. The van der Waals surface area contributed by atoms with E-state index < -0.39 is 22.7 Å². The molecular formula is C8H2F3IN2O2S2. The summed E-state index contributed by atoms with van der Waals surface area (Å²) >= 11 is 3.59. The normalized spacial score (nSPS) is 11.8. The van der Waals surface area contributed by atoms with E-state index in [1.54, 1.807) is 0 Å². The molecule has 0 aliphatic heterocycles. The molecule has 0 aromatic carbocycles. The summed E-state index contributed by atoms with van der Waals surface area (Å²) in [6.45, 7) is 0. The van der Waals surface area contributed by atoms with Crippen LogP contribution in [0, 0.1) is 2.88 Å². The van der Waals surface area contributed by atoms with Crippen molar-refractivity contribution in [3.63, 3.8) is 0 Å². The second-order valence-corrected chi connectivity index (χ2v) is 6.89. The van der Waals surface area contributed by atoms with E-state index in [0.717, 1.165) is 14.2 Å². The van der Waals surface area contributed by atoms with Gasteiger partial charge in [0.1, 0.15) is 4.88 Å². The topological polar surface area (TPSA) is 63.1 Å². The minimum absolute atomic E-state index is 0.0346. The highest BCUT2D eigenvalue weighted by molar-refractivity contribution is 14.1. The number of hydrogen-bond donors (Lipinski definition) is 1. The van der Waals surface area contributed by atoms with Crippen LogP contribution in [0.4, 0.5) is 13.2 Å². The fourth-order valence-corrected chi connectivity index (χ4v) is 3.46. The van der Waals surface area contributed by atoms with E-state index >= 15 is 0 Å². The summed E-state index contributed by atoms with van der Waals surface area (Å²) in [5.74, 6) is -1.64. The molecule has 0 bridgehead atoms. The highest BCUT2D eigenvalue weighted by Crippen LogP contribution is 2.38. The summed E-state index contributed by atoms with van der Waals surface area (Å²) in [6.07, 6.45) is -3.30. The first kappa shape index (κ1) is 13.7. The summed E-state index contributed by atoms with van der Waals surface area (Å²) in [6, 6.07) is 0. The number of aromatic carboxylic acids is 1. The number of carboxylic acid groups (broad SMARTS) is 1. The zero-order valence-electron chi connectivity index (χ0n) is 8.16. The van der Waals surface area contributed by atoms with Gasteiger partial charge in [-0.25, -0.2) is 14.8 Å². The Kier molecular flexibility index (Phi) is 3.60. The van der Waals surface area contributed by atoms with Gasteiger partial charge in [-0.15, -0.1) is 22.7 Å².